The van der Waals surface area contributed by atoms with Gasteiger partial charge in [-0.1, -0.05) is 0 Å². The average Bonchev–Trinajstić information content (AvgIpc) is 2.35. The summed E-state index contributed by atoms with van der Waals surface area (Å²) in [6, 6.07) is 5.17. The molecule has 0 spiro atoms. The van der Waals surface area contributed by atoms with Crippen LogP contribution in [-0.2, 0) is 4.79 Å². The Labute approximate surface area is 116 Å². The predicted octanol–water partition coefficient (Wildman–Crippen LogP) is 2.37. The maximum Gasteiger partial charge on any atom is 0.322 e. The number of hydrogen-bond donors (Lipinski definition) is 2. The van der Waals surface area contributed by atoms with Crippen molar-refractivity contribution in [3.05, 3.63) is 30.1 Å². The number of halogens is 1. The number of rotatable bonds is 4. The van der Waals surface area contributed by atoms with Crippen LogP contribution in [0.5, 0.6) is 0 Å². The van der Waals surface area contributed by atoms with E-state index in [1.807, 2.05) is 0 Å². The minimum atomic E-state index is -0.922. The number of anilines is 1. The summed E-state index contributed by atoms with van der Waals surface area (Å²) in [6.45, 7) is 0. The van der Waals surface area contributed by atoms with Gasteiger partial charge in [-0.3, -0.25) is 9.69 Å². The quantitative estimate of drug-likeness (QED) is 0.889. The van der Waals surface area contributed by atoms with E-state index >= 15 is 0 Å². The molecule has 0 unspecified atom stereocenters. The first-order valence-corrected chi connectivity index (χ1v) is 6.45. The molecule has 1 aliphatic rings. The number of hydrogen-bond acceptors (Lipinski definition) is 2. The van der Waals surface area contributed by atoms with Crippen LogP contribution in [0.3, 0.4) is 0 Å². The third-order valence-electron chi connectivity index (χ3n) is 3.69. The van der Waals surface area contributed by atoms with E-state index in [-0.39, 0.29) is 18.3 Å². The molecule has 0 bridgehead atoms. The topological polar surface area (TPSA) is 69.6 Å². The largest absolute Gasteiger partial charge is 0.481 e. The van der Waals surface area contributed by atoms with E-state index in [1.54, 1.807) is 7.05 Å². The van der Waals surface area contributed by atoms with Crippen LogP contribution in [0.15, 0.2) is 24.3 Å². The molecule has 108 valence electrons. The minimum absolute atomic E-state index is 0.0734. The molecular formula is C14H17FN2O3. The Balaban J connectivity index is 2.03. The highest BCUT2D eigenvalue weighted by Gasteiger charge is 2.41. The fraction of sp³-hybridized carbons (Fsp3) is 0.429. The fourth-order valence-electron chi connectivity index (χ4n) is 2.33. The Morgan fingerprint density at radius 3 is 2.40 bits per heavy atom. The van der Waals surface area contributed by atoms with Crippen LogP contribution in [0.2, 0.25) is 0 Å². The first kappa shape index (κ1) is 14.3. The number of carbonyl (C=O) groups is 2. The van der Waals surface area contributed by atoms with Crippen molar-refractivity contribution in [3.8, 4) is 0 Å². The van der Waals surface area contributed by atoms with Gasteiger partial charge in [0.05, 0.1) is 12.0 Å². The molecule has 1 aromatic carbocycles. The van der Waals surface area contributed by atoms with Gasteiger partial charge in [0.1, 0.15) is 5.82 Å². The Morgan fingerprint density at radius 2 is 1.95 bits per heavy atom. The van der Waals surface area contributed by atoms with Crippen molar-refractivity contribution in [2.45, 2.75) is 31.2 Å². The molecule has 0 atom stereocenters. The van der Waals surface area contributed by atoms with Gasteiger partial charge in [-0.25, -0.2) is 9.18 Å². The number of carbonyl (C=O) groups excluding carboxylic acids is 1. The Bertz CT molecular complexity index is 512. The van der Waals surface area contributed by atoms with Gasteiger partial charge in [-0.05, 0) is 43.5 Å². The molecule has 0 aliphatic heterocycles. The van der Waals surface area contributed by atoms with E-state index in [4.69, 9.17) is 5.11 Å². The van der Waals surface area contributed by atoms with Crippen molar-refractivity contribution < 1.29 is 19.1 Å². The lowest BCUT2D eigenvalue weighted by Gasteiger charge is -2.42. The highest BCUT2D eigenvalue weighted by Crippen LogP contribution is 2.35. The van der Waals surface area contributed by atoms with E-state index in [0.29, 0.717) is 18.5 Å². The summed E-state index contributed by atoms with van der Waals surface area (Å²) in [6.07, 6.45) is 2.18. The summed E-state index contributed by atoms with van der Waals surface area (Å²) in [5.41, 5.74) is -0.0919. The second-order valence-corrected chi connectivity index (χ2v) is 5.17. The van der Waals surface area contributed by atoms with Crippen molar-refractivity contribution in [2.75, 3.05) is 11.9 Å². The van der Waals surface area contributed by atoms with Gasteiger partial charge in [-0.15, -0.1) is 0 Å². The lowest BCUT2D eigenvalue weighted by Crippen LogP contribution is -2.57. The van der Waals surface area contributed by atoms with Crippen molar-refractivity contribution in [3.63, 3.8) is 0 Å². The summed E-state index contributed by atoms with van der Waals surface area (Å²) in [4.78, 5) is 24.4. The molecule has 2 N–H and O–H groups in total. The van der Waals surface area contributed by atoms with Crippen molar-refractivity contribution in [1.82, 2.24) is 5.32 Å². The molecule has 0 aromatic heterocycles. The van der Waals surface area contributed by atoms with E-state index < -0.39 is 11.5 Å². The van der Waals surface area contributed by atoms with Crippen molar-refractivity contribution >= 4 is 17.7 Å². The number of nitrogens with zero attached hydrogens (tertiary/aromatic N) is 1. The van der Waals surface area contributed by atoms with Gasteiger partial charge in [0.25, 0.3) is 0 Å². The van der Waals surface area contributed by atoms with Crippen LogP contribution in [0.25, 0.3) is 0 Å². The van der Waals surface area contributed by atoms with E-state index in [9.17, 15) is 14.0 Å². The summed E-state index contributed by atoms with van der Waals surface area (Å²) in [5, 5.41) is 11.7. The van der Waals surface area contributed by atoms with E-state index in [1.165, 1.54) is 29.2 Å². The minimum Gasteiger partial charge on any atom is -0.481 e. The lowest BCUT2D eigenvalue weighted by atomic mass is 9.74. The van der Waals surface area contributed by atoms with Crippen molar-refractivity contribution in [1.29, 1.82) is 0 Å². The summed E-state index contributed by atoms with van der Waals surface area (Å²) in [7, 11) is 1.57. The van der Waals surface area contributed by atoms with Gasteiger partial charge in [-0.2, -0.15) is 0 Å². The summed E-state index contributed by atoms with van der Waals surface area (Å²) >= 11 is 0. The van der Waals surface area contributed by atoms with Crippen LogP contribution in [0, 0.1) is 5.82 Å². The standard InChI is InChI=1S/C14H17FN2O3/c1-17(11-5-3-10(15)4-6-11)13(20)16-14(7-2-8-14)9-12(18)19/h3-6H,2,7-9H2,1H3,(H,16,20)(H,18,19). The lowest BCUT2D eigenvalue weighted by molar-refractivity contribution is -0.139. The third-order valence-corrected chi connectivity index (χ3v) is 3.69. The van der Waals surface area contributed by atoms with Crippen LogP contribution < -0.4 is 10.2 Å². The van der Waals surface area contributed by atoms with Crippen LogP contribution in [0.4, 0.5) is 14.9 Å². The Hall–Kier alpha value is -2.11. The van der Waals surface area contributed by atoms with Crippen LogP contribution in [0.1, 0.15) is 25.7 Å². The zero-order valence-corrected chi connectivity index (χ0v) is 11.2. The van der Waals surface area contributed by atoms with Crippen molar-refractivity contribution in [2.24, 2.45) is 0 Å². The molecule has 1 aromatic rings. The van der Waals surface area contributed by atoms with Crippen LogP contribution >= 0.6 is 0 Å². The number of amides is 2. The number of aliphatic carboxylic acids is 1. The first-order chi connectivity index (χ1) is 9.42. The maximum absolute atomic E-state index is 12.8. The zero-order valence-electron chi connectivity index (χ0n) is 11.2. The molecule has 0 saturated heterocycles. The summed E-state index contributed by atoms with van der Waals surface area (Å²) < 4.78 is 12.8. The average molecular weight is 280 g/mol. The predicted molar refractivity (Wildman–Crippen MR) is 72.2 cm³/mol. The van der Waals surface area contributed by atoms with Crippen LogP contribution in [-0.4, -0.2) is 29.7 Å². The maximum atomic E-state index is 12.8. The number of nitrogens with one attached hydrogen (secondary N) is 1. The molecule has 2 rings (SSSR count). The van der Waals surface area contributed by atoms with E-state index in [2.05, 4.69) is 5.32 Å². The fourth-order valence-corrected chi connectivity index (χ4v) is 2.33. The Kier molecular flexibility index (Phi) is 3.92. The van der Waals surface area contributed by atoms with Gasteiger partial charge in [0, 0.05) is 12.7 Å². The second-order valence-electron chi connectivity index (χ2n) is 5.17. The molecule has 6 heteroatoms. The zero-order chi connectivity index (χ0) is 14.8. The normalized spacial score (nSPS) is 16.1. The highest BCUT2D eigenvalue weighted by molar-refractivity contribution is 5.92. The third kappa shape index (κ3) is 3.07. The smallest absolute Gasteiger partial charge is 0.322 e. The van der Waals surface area contributed by atoms with Gasteiger partial charge < -0.3 is 10.4 Å². The molecule has 0 heterocycles. The molecule has 1 fully saturated rings. The monoisotopic (exact) mass is 280 g/mol. The Morgan fingerprint density at radius 1 is 1.35 bits per heavy atom. The molecule has 5 nitrogen and oxygen atoms in total. The van der Waals surface area contributed by atoms with Gasteiger partial charge >= 0.3 is 12.0 Å². The number of carboxylic acid groups (broad SMARTS) is 1. The van der Waals surface area contributed by atoms with E-state index in [0.717, 1.165) is 6.42 Å². The second kappa shape index (κ2) is 5.48. The first-order valence-electron chi connectivity index (χ1n) is 6.45. The number of benzene rings is 1. The molecule has 1 aliphatic carbocycles. The molecular weight excluding hydrogens is 263 g/mol. The van der Waals surface area contributed by atoms with Gasteiger partial charge in [0.2, 0.25) is 0 Å². The molecule has 1 saturated carbocycles. The summed E-state index contributed by atoms with van der Waals surface area (Å²) in [5.74, 6) is -1.29. The number of urea groups is 1. The highest BCUT2D eigenvalue weighted by atomic mass is 19.1. The number of carboxylic acids is 1. The molecule has 0 radical (unpaired) electrons. The molecule has 2 amide bonds. The van der Waals surface area contributed by atoms with Gasteiger partial charge in [0.15, 0.2) is 0 Å². The SMILES string of the molecule is CN(C(=O)NC1(CC(=O)O)CCC1)c1ccc(F)cc1. The molecule has 20 heavy (non-hydrogen) atoms.